The molecule has 156 valence electrons. The van der Waals surface area contributed by atoms with E-state index in [0.717, 1.165) is 4.57 Å². The molecule has 1 aromatic carbocycles. The third-order valence-electron chi connectivity index (χ3n) is 3.98. The highest BCUT2D eigenvalue weighted by molar-refractivity contribution is 5.79. The molecule has 0 unspecified atom stereocenters. The van der Waals surface area contributed by atoms with Crippen molar-refractivity contribution in [3.05, 3.63) is 105 Å². The molecule has 0 atom stereocenters. The Balaban J connectivity index is 1.60. The Labute approximate surface area is 167 Å². The van der Waals surface area contributed by atoms with Crippen molar-refractivity contribution in [3.63, 3.8) is 0 Å². The van der Waals surface area contributed by atoms with Gasteiger partial charge in [0.15, 0.2) is 0 Å². The van der Waals surface area contributed by atoms with E-state index in [2.05, 4.69) is 4.99 Å². The smallest absolute Gasteiger partial charge is 0.340 e. The minimum absolute atomic E-state index is 0.129. The first kappa shape index (κ1) is 19.3. The summed E-state index contributed by atoms with van der Waals surface area (Å²) >= 11 is 0. The summed E-state index contributed by atoms with van der Waals surface area (Å²) < 4.78 is 6.72. The zero-order valence-corrected chi connectivity index (χ0v) is 15.2. The average molecular weight is 425 g/mol. The van der Waals surface area contributed by atoms with Crippen LogP contribution in [0.25, 0.3) is 11.6 Å². The number of aromatic amines is 4. The van der Waals surface area contributed by atoms with E-state index in [1.54, 1.807) is 0 Å². The summed E-state index contributed by atoms with van der Waals surface area (Å²) in [6.07, 6.45) is 1.31. The second kappa shape index (κ2) is 7.43. The predicted molar refractivity (Wildman–Crippen MR) is 106 cm³/mol. The normalized spacial score (nSPS) is 11.2. The monoisotopic (exact) mass is 425 g/mol. The zero-order valence-electron chi connectivity index (χ0n) is 15.2. The molecule has 0 amide bonds. The fourth-order valence-corrected chi connectivity index (χ4v) is 2.65. The number of hydrogen-bond acceptors (Lipinski definition) is 8. The summed E-state index contributed by atoms with van der Waals surface area (Å²) in [5.41, 5.74) is -4.91. The first-order chi connectivity index (χ1) is 14.8. The summed E-state index contributed by atoms with van der Waals surface area (Å²) in [5, 5.41) is 0. The van der Waals surface area contributed by atoms with Gasteiger partial charge in [-0.3, -0.25) is 24.9 Å². The molecular weight excluding hydrogens is 414 g/mol. The van der Waals surface area contributed by atoms with Gasteiger partial charge in [0.1, 0.15) is 5.76 Å². The maximum absolute atomic E-state index is 11.8. The van der Waals surface area contributed by atoms with E-state index in [9.17, 15) is 28.8 Å². The molecule has 0 saturated heterocycles. The van der Waals surface area contributed by atoms with Gasteiger partial charge in [0.25, 0.3) is 0 Å². The SMILES string of the molecule is O=c1[nH]c(=O)n(-c2ccc(/N=C/c3ccc(-n4c(=O)[nH]c(=O)[nH]c4=O)o3)cc2)c(=O)[nH]1. The number of nitrogens with one attached hydrogen (secondary N) is 4. The highest BCUT2D eigenvalue weighted by Crippen LogP contribution is 2.15. The molecule has 4 N–H and O–H groups in total. The molecule has 14 nitrogen and oxygen atoms in total. The maximum Gasteiger partial charge on any atom is 0.340 e. The Kier molecular flexibility index (Phi) is 4.63. The van der Waals surface area contributed by atoms with Crippen molar-refractivity contribution in [1.29, 1.82) is 0 Å². The van der Waals surface area contributed by atoms with Gasteiger partial charge in [-0.15, -0.1) is 0 Å². The number of aliphatic imine (C=N–C) groups is 1. The average Bonchev–Trinajstić information content (AvgIpc) is 3.14. The Hall–Kier alpha value is -5.01. The molecule has 0 aliphatic rings. The van der Waals surface area contributed by atoms with Crippen LogP contribution < -0.4 is 34.1 Å². The van der Waals surface area contributed by atoms with Crippen molar-refractivity contribution in [2.45, 2.75) is 0 Å². The van der Waals surface area contributed by atoms with Crippen LogP contribution in [0, 0.1) is 0 Å². The quantitative estimate of drug-likeness (QED) is 0.273. The second-order valence-electron chi connectivity index (χ2n) is 6.00. The van der Waals surface area contributed by atoms with Crippen LogP contribution in [0.15, 0.2) is 74.6 Å². The van der Waals surface area contributed by atoms with E-state index in [1.807, 2.05) is 19.9 Å². The minimum atomic E-state index is -0.963. The lowest BCUT2D eigenvalue weighted by atomic mass is 10.3. The van der Waals surface area contributed by atoms with Gasteiger partial charge in [-0.1, -0.05) is 0 Å². The number of benzene rings is 1. The van der Waals surface area contributed by atoms with Gasteiger partial charge in [-0.05, 0) is 30.3 Å². The van der Waals surface area contributed by atoms with Crippen LogP contribution >= 0.6 is 0 Å². The molecule has 0 bridgehead atoms. The van der Waals surface area contributed by atoms with E-state index in [0.29, 0.717) is 10.3 Å². The van der Waals surface area contributed by atoms with Crippen LogP contribution in [-0.4, -0.2) is 35.3 Å². The molecule has 31 heavy (non-hydrogen) atoms. The molecule has 0 aliphatic heterocycles. The van der Waals surface area contributed by atoms with Crippen LogP contribution in [0.3, 0.4) is 0 Å². The second-order valence-corrected chi connectivity index (χ2v) is 6.00. The number of rotatable bonds is 4. The number of aromatic nitrogens is 6. The Morgan fingerprint density at radius 1 is 0.677 bits per heavy atom. The maximum atomic E-state index is 11.8. The molecule has 4 aromatic rings. The first-order valence-corrected chi connectivity index (χ1v) is 8.48. The fourth-order valence-electron chi connectivity index (χ4n) is 2.65. The third-order valence-corrected chi connectivity index (χ3v) is 3.98. The molecule has 14 heteroatoms. The first-order valence-electron chi connectivity index (χ1n) is 8.48. The Bertz CT molecular complexity index is 1590. The van der Waals surface area contributed by atoms with E-state index < -0.39 is 34.1 Å². The van der Waals surface area contributed by atoms with Gasteiger partial charge in [-0.2, -0.15) is 4.57 Å². The van der Waals surface area contributed by atoms with Crippen molar-refractivity contribution in [2.75, 3.05) is 0 Å². The molecule has 4 rings (SSSR count). The highest BCUT2D eigenvalue weighted by Gasteiger charge is 2.10. The summed E-state index contributed by atoms with van der Waals surface area (Å²) in [5.74, 6) is 0.0702. The van der Waals surface area contributed by atoms with Gasteiger partial charge >= 0.3 is 34.1 Å². The molecule has 0 saturated carbocycles. The van der Waals surface area contributed by atoms with E-state index >= 15 is 0 Å². The zero-order chi connectivity index (χ0) is 22.1. The van der Waals surface area contributed by atoms with Gasteiger partial charge < -0.3 is 4.42 Å². The molecule has 0 aliphatic carbocycles. The van der Waals surface area contributed by atoms with Crippen LogP contribution in [0.5, 0.6) is 0 Å². The molecule has 3 aromatic heterocycles. The van der Waals surface area contributed by atoms with Crippen molar-refractivity contribution in [1.82, 2.24) is 29.1 Å². The summed E-state index contributed by atoms with van der Waals surface area (Å²) in [4.78, 5) is 81.3. The number of hydrogen-bond donors (Lipinski definition) is 4. The lowest BCUT2D eigenvalue weighted by Gasteiger charge is -2.03. The fraction of sp³-hybridized carbons (Fsp3) is 0. The topological polar surface area (TPSA) is 201 Å². The van der Waals surface area contributed by atoms with Gasteiger partial charge in [0, 0.05) is 6.07 Å². The van der Waals surface area contributed by atoms with Crippen LogP contribution in [0.1, 0.15) is 5.76 Å². The van der Waals surface area contributed by atoms with Crippen LogP contribution in [-0.2, 0) is 0 Å². The number of furan rings is 1. The summed E-state index contributed by atoms with van der Waals surface area (Å²) in [7, 11) is 0. The molecule has 3 heterocycles. The lowest BCUT2D eigenvalue weighted by Crippen LogP contribution is -2.42. The Morgan fingerprint density at radius 2 is 1.19 bits per heavy atom. The van der Waals surface area contributed by atoms with E-state index in [4.69, 9.17) is 4.42 Å². The van der Waals surface area contributed by atoms with Crippen molar-refractivity contribution >= 4 is 11.9 Å². The van der Waals surface area contributed by atoms with E-state index in [-0.39, 0.29) is 17.3 Å². The number of nitrogens with zero attached hydrogens (tertiary/aromatic N) is 3. The summed E-state index contributed by atoms with van der Waals surface area (Å²) in [6, 6.07) is 8.68. The Morgan fingerprint density at radius 3 is 1.74 bits per heavy atom. The van der Waals surface area contributed by atoms with Crippen LogP contribution in [0.2, 0.25) is 0 Å². The standard InChI is InChI=1S/C17H11N7O7/c25-12-19-14(27)23(15(28)20-12)9-3-1-8(2-4-9)18-7-10-5-6-11(31-10)24-16(29)21-13(26)22-17(24)30/h1-7H,(H2,19,20,25,27,28)(H2,21,22,26,29,30)/b18-7+. The van der Waals surface area contributed by atoms with Crippen LogP contribution in [0.4, 0.5) is 5.69 Å². The lowest BCUT2D eigenvalue weighted by molar-refractivity contribution is 0.515. The van der Waals surface area contributed by atoms with Gasteiger partial charge in [0.05, 0.1) is 17.6 Å². The molecule has 0 radical (unpaired) electrons. The summed E-state index contributed by atoms with van der Waals surface area (Å²) in [6.45, 7) is 0. The number of H-pyrrole nitrogens is 4. The molecule has 0 fully saturated rings. The molecular formula is C17H11N7O7. The van der Waals surface area contributed by atoms with Crippen molar-refractivity contribution < 1.29 is 4.42 Å². The van der Waals surface area contributed by atoms with Crippen molar-refractivity contribution in [3.8, 4) is 11.6 Å². The molecule has 0 spiro atoms. The third kappa shape index (κ3) is 3.80. The van der Waals surface area contributed by atoms with Gasteiger partial charge in [-0.25, -0.2) is 33.3 Å². The highest BCUT2D eigenvalue weighted by atomic mass is 16.4. The predicted octanol–water partition coefficient (Wildman–Crippen LogP) is -1.91. The van der Waals surface area contributed by atoms with E-state index in [1.165, 1.54) is 42.6 Å². The largest absolute Gasteiger partial charge is 0.439 e. The van der Waals surface area contributed by atoms with Gasteiger partial charge in [0.2, 0.25) is 5.88 Å². The minimum Gasteiger partial charge on any atom is -0.439 e. The van der Waals surface area contributed by atoms with Crippen molar-refractivity contribution in [2.24, 2.45) is 4.99 Å².